The van der Waals surface area contributed by atoms with Crippen molar-refractivity contribution in [3.05, 3.63) is 65.7 Å². The van der Waals surface area contributed by atoms with E-state index in [0.717, 1.165) is 39.3 Å². The van der Waals surface area contributed by atoms with Crippen LogP contribution in [0.25, 0.3) is 0 Å². The van der Waals surface area contributed by atoms with Crippen molar-refractivity contribution < 1.29 is 0 Å². The quantitative estimate of drug-likeness (QED) is 0.878. The Bertz CT molecular complexity index is 616. The number of rotatable bonds is 6. The summed E-state index contributed by atoms with van der Waals surface area (Å²) in [5, 5.41) is 3.55. The van der Waals surface area contributed by atoms with Crippen LogP contribution in [0.4, 0.5) is 5.69 Å². The van der Waals surface area contributed by atoms with Crippen LogP contribution in [0.5, 0.6) is 0 Å². The number of hydrogen-bond donors (Lipinski definition) is 1. The van der Waals surface area contributed by atoms with Gasteiger partial charge in [0.15, 0.2) is 0 Å². The lowest BCUT2D eigenvalue weighted by Crippen LogP contribution is -2.46. The van der Waals surface area contributed by atoms with Crippen LogP contribution in [-0.4, -0.2) is 37.1 Å². The number of nitrogens with one attached hydrogen (secondary N) is 1. The normalized spacial score (nSPS) is 15.9. The Morgan fingerprint density at radius 2 is 1.54 bits per heavy atom. The van der Waals surface area contributed by atoms with Crippen LogP contribution in [0.15, 0.2) is 54.6 Å². The fourth-order valence-electron chi connectivity index (χ4n) is 3.27. The molecule has 0 saturated carbocycles. The largest absolute Gasteiger partial charge is 0.369 e. The summed E-state index contributed by atoms with van der Waals surface area (Å²) in [5.41, 5.74) is 4.21. The highest BCUT2D eigenvalue weighted by atomic mass is 15.3. The van der Waals surface area contributed by atoms with Gasteiger partial charge in [-0.3, -0.25) is 4.90 Å². The minimum atomic E-state index is 0.515. The second kappa shape index (κ2) is 8.32. The summed E-state index contributed by atoms with van der Waals surface area (Å²) < 4.78 is 0. The molecule has 3 nitrogen and oxygen atoms in total. The Hall–Kier alpha value is -1.84. The van der Waals surface area contributed by atoms with Gasteiger partial charge in [0.1, 0.15) is 0 Å². The molecule has 0 amide bonds. The lowest BCUT2D eigenvalue weighted by Gasteiger charge is -2.37. The Balaban J connectivity index is 1.58. The highest BCUT2D eigenvalue weighted by molar-refractivity contribution is 5.54. The summed E-state index contributed by atoms with van der Waals surface area (Å²) in [6, 6.07) is 20.1. The summed E-state index contributed by atoms with van der Waals surface area (Å²) in [7, 11) is 0. The lowest BCUT2D eigenvalue weighted by atomic mass is 10.1. The van der Waals surface area contributed by atoms with Gasteiger partial charge in [0.05, 0.1) is 0 Å². The van der Waals surface area contributed by atoms with Gasteiger partial charge in [-0.05, 0) is 17.2 Å². The zero-order valence-corrected chi connectivity index (χ0v) is 14.9. The van der Waals surface area contributed by atoms with Crippen LogP contribution in [0.1, 0.15) is 25.0 Å². The molecule has 128 valence electrons. The first-order chi connectivity index (χ1) is 11.7. The van der Waals surface area contributed by atoms with E-state index in [1.165, 1.54) is 16.8 Å². The molecule has 24 heavy (non-hydrogen) atoms. The summed E-state index contributed by atoms with van der Waals surface area (Å²) in [5.74, 6) is 0. The van der Waals surface area contributed by atoms with E-state index in [-0.39, 0.29) is 0 Å². The van der Waals surface area contributed by atoms with Gasteiger partial charge in [-0.15, -0.1) is 0 Å². The van der Waals surface area contributed by atoms with E-state index in [0.29, 0.717) is 6.04 Å². The molecule has 2 aromatic rings. The summed E-state index contributed by atoms with van der Waals surface area (Å²) in [4.78, 5) is 5.10. The number of para-hydroxylation sites is 1. The van der Waals surface area contributed by atoms with Crippen molar-refractivity contribution in [2.24, 2.45) is 0 Å². The van der Waals surface area contributed by atoms with Crippen molar-refractivity contribution in [1.29, 1.82) is 0 Å². The van der Waals surface area contributed by atoms with E-state index >= 15 is 0 Å². The molecule has 0 unspecified atom stereocenters. The van der Waals surface area contributed by atoms with Gasteiger partial charge in [-0.25, -0.2) is 0 Å². The maximum Gasteiger partial charge on any atom is 0.0412 e. The first-order valence-electron chi connectivity index (χ1n) is 9.05. The highest BCUT2D eigenvalue weighted by Gasteiger charge is 2.19. The molecule has 1 aliphatic rings. The van der Waals surface area contributed by atoms with Gasteiger partial charge in [-0.2, -0.15) is 0 Å². The van der Waals surface area contributed by atoms with Crippen LogP contribution in [0, 0.1) is 0 Å². The number of benzene rings is 2. The molecule has 0 aliphatic carbocycles. The van der Waals surface area contributed by atoms with Crippen molar-refractivity contribution in [2.45, 2.75) is 33.0 Å². The van der Waals surface area contributed by atoms with Crippen molar-refractivity contribution >= 4 is 5.69 Å². The van der Waals surface area contributed by atoms with E-state index in [1.807, 2.05) is 0 Å². The minimum Gasteiger partial charge on any atom is -0.369 e. The summed E-state index contributed by atoms with van der Waals surface area (Å²) in [6.07, 6.45) is 0. The molecule has 1 heterocycles. The summed E-state index contributed by atoms with van der Waals surface area (Å²) >= 11 is 0. The SMILES string of the molecule is CC(C)NCc1ccccc1N1CCN(Cc2ccccc2)CC1. The molecule has 0 bridgehead atoms. The standard InChI is InChI=1S/C21H29N3/c1-18(2)22-16-20-10-6-7-11-21(20)24-14-12-23(13-15-24)17-19-8-4-3-5-9-19/h3-11,18,22H,12-17H2,1-2H3. The Morgan fingerprint density at radius 3 is 2.25 bits per heavy atom. The van der Waals surface area contributed by atoms with Crippen LogP contribution < -0.4 is 10.2 Å². The van der Waals surface area contributed by atoms with Gasteiger partial charge >= 0.3 is 0 Å². The van der Waals surface area contributed by atoms with Crippen LogP contribution in [0.3, 0.4) is 0 Å². The molecule has 3 heteroatoms. The molecular weight excluding hydrogens is 294 g/mol. The highest BCUT2D eigenvalue weighted by Crippen LogP contribution is 2.22. The topological polar surface area (TPSA) is 18.5 Å². The Labute approximate surface area is 146 Å². The molecule has 2 aromatic carbocycles. The minimum absolute atomic E-state index is 0.515. The molecule has 0 atom stereocenters. The van der Waals surface area contributed by atoms with Crippen molar-refractivity contribution in [1.82, 2.24) is 10.2 Å². The first-order valence-corrected chi connectivity index (χ1v) is 9.05. The Morgan fingerprint density at radius 1 is 0.875 bits per heavy atom. The monoisotopic (exact) mass is 323 g/mol. The molecule has 1 fully saturated rings. The van der Waals surface area contributed by atoms with Gasteiger partial charge in [0.2, 0.25) is 0 Å². The molecule has 0 aromatic heterocycles. The molecule has 1 saturated heterocycles. The number of hydrogen-bond acceptors (Lipinski definition) is 3. The smallest absolute Gasteiger partial charge is 0.0412 e. The van der Waals surface area contributed by atoms with E-state index in [4.69, 9.17) is 0 Å². The van der Waals surface area contributed by atoms with E-state index in [9.17, 15) is 0 Å². The maximum absolute atomic E-state index is 3.55. The molecule has 1 N–H and O–H groups in total. The zero-order chi connectivity index (χ0) is 16.8. The predicted molar refractivity (Wildman–Crippen MR) is 102 cm³/mol. The van der Waals surface area contributed by atoms with Gasteiger partial charge in [0, 0.05) is 51.0 Å². The predicted octanol–water partition coefficient (Wildman–Crippen LogP) is 3.51. The number of anilines is 1. The maximum atomic E-state index is 3.55. The van der Waals surface area contributed by atoms with E-state index < -0.39 is 0 Å². The fourth-order valence-corrected chi connectivity index (χ4v) is 3.27. The molecular formula is C21H29N3. The molecule has 3 rings (SSSR count). The fraction of sp³-hybridized carbons (Fsp3) is 0.429. The van der Waals surface area contributed by atoms with Gasteiger partial charge < -0.3 is 10.2 Å². The first kappa shape index (κ1) is 17.0. The van der Waals surface area contributed by atoms with Crippen molar-refractivity contribution in [3.63, 3.8) is 0 Å². The zero-order valence-electron chi connectivity index (χ0n) is 14.9. The van der Waals surface area contributed by atoms with Crippen molar-refractivity contribution in [3.8, 4) is 0 Å². The van der Waals surface area contributed by atoms with Crippen molar-refractivity contribution in [2.75, 3.05) is 31.1 Å². The third-order valence-corrected chi connectivity index (χ3v) is 4.65. The molecule has 1 aliphatic heterocycles. The lowest BCUT2D eigenvalue weighted by molar-refractivity contribution is 0.249. The third-order valence-electron chi connectivity index (χ3n) is 4.65. The molecule has 0 spiro atoms. The van der Waals surface area contributed by atoms with Gasteiger partial charge in [0.25, 0.3) is 0 Å². The average molecular weight is 323 g/mol. The second-order valence-corrected chi connectivity index (χ2v) is 6.91. The van der Waals surface area contributed by atoms with Crippen LogP contribution in [-0.2, 0) is 13.1 Å². The van der Waals surface area contributed by atoms with Crippen LogP contribution >= 0.6 is 0 Å². The van der Waals surface area contributed by atoms with E-state index in [1.54, 1.807) is 0 Å². The third kappa shape index (κ3) is 4.59. The average Bonchev–Trinajstić information content (AvgIpc) is 2.62. The second-order valence-electron chi connectivity index (χ2n) is 6.91. The number of nitrogens with zero attached hydrogens (tertiary/aromatic N) is 2. The van der Waals surface area contributed by atoms with Crippen LogP contribution in [0.2, 0.25) is 0 Å². The van der Waals surface area contributed by atoms with Gasteiger partial charge in [-0.1, -0.05) is 62.4 Å². The number of piperazine rings is 1. The Kier molecular flexibility index (Phi) is 5.89. The van der Waals surface area contributed by atoms with E-state index in [2.05, 4.69) is 83.6 Å². The molecule has 0 radical (unpaired) electrons. The summed E-state index contributed by atoms with van der Waals surface area (Å²) in [6.45, 7) is 10.9.